The topological polar surface area (TPSA) is 35.0 Å². The second kappa shape index (κ2) is 16.7. The first kappa shape index (κ1) is 29.5. The minimum absolute atomic E-state index is 0.152. The number of aryl methyl sites for hydroxylation is 1. The zero-order valence-corrected chi connectivity index (χ0v) is 23.3. The molecule has 0 aliphatic heterocycles. The van der Waals surface area contributed by atoms with Crippen molar-refractivity contribution in [3.05, 3.63) is 41.5 Å². The highest BCUT2D eigenvalue weighted by atomic mass is 19.2. The van der Waals surface area contributed by atoms with Gasteiger partial charge in [0.05, 0.1) is 12.3 Å². The van der Waals surface area contributed by atoms with E-state index in [9.17, 15) is 8.78 Å². The summed E-state index contributed by atoms with van der Waals surface area (Å²) >= 11 is 0. The van der Waals surface area contributed by atoms with Crippen molar-refractivity contribution in [2.75, 3.05) is 6.61 Å². The molecule has 1 saturated carbocycles. The molecule has 0 radical (unpaired) electrons. The lowest BCUT2D eigenvalue weighted by molar-refractivity contribution is 0.248. The zero-order chi connectivity index (χ0) is 26.3. The van der Waals surface area contributed by atoms with Crippen LogP contribution in [0.4, 0.5) is 8.78 Å². The number of ether oxygens (including phenoxy) is 1. The van der Waals surface area contributed by atoms with Crippen LogP contribution < -0.4 is 4.74 Å². The van der Waals surface area contributed by atoms with Crippen molar-refractivity contribution in [3.8, 4) is 17.1 Å². The molecule has 1 fully saturated rings. The Hall–Kier alpha value is -2.04. The molecule has 37 heavy (non-hydrogen) atoms. The quantitative estimate of drug-likeness (QED) is 0.197. The average molecular weight is 515 g/mol. The lowest BCUT2D eigenvalue weighted by Gasteiger charge is -2.28. The van der Waals surface area contributed by atoms with Gasteiger partial charge in [0.2, 0.25) is 5.88 Å². The Bertz CT molecular complexity index is 894. The van der Waals surface area contributed by atoms with Gasteiger partial charge in [-0.2, -0.15) is 0 Å². The standard InChI is InChI=1S/C32H48F2N2O/c1-3-5-7-9-11-13-25-14-16-26(17-15-25)18-19-27-20-21-28(32(34)31(27)33)29-22-23-30(36-35-29)37-24-12-10-8-6-4-2/h20-23,25-26H,3-19,24H2,1-2H3. The van der Waals surface area contributed by atoms with Gasteiger partial charge in [0.15, 0.2) is 11.6 Å². The summed E-state index contributed by atoms with van der Waals surface area (Å²) in [5.74, 6) is 0.345. The molecule has 1 aromatic carbocycles. The predicted octanol–water partition coefficient (Wildman–Crippen LogP) is 9.87. The maximum absolute atomic E-state index is 14.9. The van der Waals surface area contributed by atoms with Gasteiger partial charge in [0.1, 0.15) is 0 Å². The average Bonchev–Trinajstić information content (AvgIpc) is 2.92. The van der Waals surface area contributed by atoms with E-state index >= 15 is 0 Å². The normalized spacial score (nSPS) is 17.7. The third kappa shape index (κ3) is 9.98. The van der Waals surface area contributed by atoms with Gasteiger partial charge in [0.25, 0.3) is 0 Å². The van der Waals surface area contributed by atoms with E-state index in [2.05, 4.69) is 24.0 Å². The monoisotopic (exact) mass is 514 g/mol. The van der Waals surface area contributed by atoms with E-state index in [1.807, 2.05) is 0 Å². The van der Waals surface area contributed by atoms with Crippen molar-refractivity contribution in [2.24, 2.45) is 11.8 Å². The number of benzene rings is 1. The molecule has 3 rings (SSSR count). The summed E-state index contributed by atoms with van der Waals surface area (Å²) in [4.78, 5) is 0. The molecule has 2 aromatic rings. The molecule has 1 aromatic heterocycles. The predicted molar refractivity (Wildman–Crippen MR) is 149 cm³/mol. The molecule has 0 N–H and O–H groups in total. The highest BCUT2D eigenvalue weighted by Gasteiger charge is 2.22. The number of nitrogens with zero attached hydrogens (tertiary/aromatic N) is 2. The Labute approximate surface area is 223 Å². The number of aromatic nitrogens is 2. The third-order valence-electron chi connectivity index (χ3n) is 8.08. The van der Waals surface area contributed by atoms with Crippen LogP contribution in [0.15, 0.2) is 24.3 Å². The van der Waals surface area contributed by atoms with Crippen molar-refractivity contribution >= 4 is 0 Å². The van der Waals surface area contributed by atoms with E-state index in [1.165, 1.54) is 83.5 Å². The molecule has 206 valence electrons. The lowest BCUT2D eigenvalue weighted by Crippen LogP contribution is -2.15. The van der Waals surface area contributed by atoms with Gasteiger partial charge >= 0.3 is 0 Å². The van der Waals surface area contributed by atoms with Crippen LogP contribution in [0.25, 0.3) is 11.3 Å². The summed E-state index contributed by atoms with van der Waals surface area (Å²) < 4.78 is 35.5. The second-order valence-corrected chi connectivity index (χ2v) is 11.0. The highest BCUT2D eigenvalue weighted by Crippen LogP contribution is 2.35. The fourth-order valence-electron chi connectivity index (χ4n) is 5.61. The van der Waals surface area contributed by atoms with E-state index in [0.717, 1.165) is 25.2 Å². The van der Waals surface area contributed by atoms with Gasteiger partial charge in [-0.25, -0.2) is 8.78 Å². The van der Waals surface area contributed by atoms with E-state index in [0.29, 0.717) is 36.1 Å². The first-order valence-electron chi connectivity index (χ1n) is 15.1. The van der Waals surface area contributed by atoms with Gasteiger partial charge in [-0.3, -0.25) is 0 Å². The van der Waals surface area contributed by atoms with Crippen LogP contribution >= 0.6 is 0 Å². The van der Waals surface area contributed by atoms with Gasteiger partial charge in [-0.1, -0.05) is 110 Å². The molecule has 1 aliphatic rings. The SMILES string of the molecule is CCCCCCCOc1ccc(-c2ccc(CCC3CCC(CCCCCCC)CC3)c(F)c2F)nn1. The van der Waals surface area contributed by atoms with E-state index in [4.69, 9.17) is 4.74 Å². The van der Waals surface area contributed by atoms with E-state index in [1.54, 1.807) is 24.3 Å². The smallest absolute Gasteiger partial charge is 0.233 e. The Morgan fingerprint density at radius 2 is 1.35 bits per heavy atom. The van der Waals surface area contributed by atoms with Gasteiger partial charge in [0, 0.05) is 11.6 Å². The molecule has 0 saturated heterocycles. The molecule has 5 heteroatoms. The van der Waals surface area contributed by atoms with Crippen molar-refractivity contribution in [3.63, 3.8) is 0 Å². The molecule has 3 nitrogen and oxygen atoms in total. The minimum atomic E-state index is -0.830. The lowest BCUT2D eigenvalue weighted by atomic mass is 9.77. The number of unbranched alkanes of at least 4 members (excludes halogenated alkanes) is 8. The van der Waals surface area contributed by atoms with Gasteiger partial charge < -0.3 is 4.74 Å². The van der Waals surface area contributed by atoms with Crippen molar-refractivity contribution in [1.82, 2.24) is 10.2 Å². The van der Waals surface area contributed by atoms with Crippen LogP contribution in [0.1, 0.15) is 122 Å². The Morgan fingerprint density at radius 3 is 2.00 bits per heavy atom. The summed E-state index contributed by atoms with van der Waals surface area (Å²) in [6, 6.07) is 6.69. The maximum atomic E-state index is 14.9. The van der Waals surface area contributed by atoms with Crippen molar-refractivity contribution < 1.29 is 13.5 Å². The van der Waals surface area contributed by atoms with Crippen LogP contribution in [-0.2, 0) is 6.42 Å². The molecule has 1 heterocycles. The Balaban J connectivity index is 1.42. The summed E-state index contributed by atoms with van der Waals surface area (Å²) in [5, 5.41) is 8.15. The first-order chi connectivity index (χ1) is 18.1. The number of hydrogen-bond donors (Lipinski definition) is 0. The van der Waals surface area contributed by atoms with Crippen molar-refractivity contribution in [2.45, 2.75) is 123 Å². The molecule has 0 unspecified atom stereocenters. The van der Waals surface area contributed by atoms with Gasteiger partial charge in [-0.05, 0) is 48.8 Å². The molecule has 0 spiro atoms. The molecule has 0 bridgehead atoms. The van der Waals surface area contributed by atoms with Crippen LogP contribution in [0.2, 0.25) is 0 Å². The van der Waals surface area contributed by atoms with Gasteiger partial charge in [-0.15, -0.1) is 10.2 Å². The second-order valence-electron chi connectivity index (χ2n) is 11.0. The zero-order valence-electron chi connectivity index (χ0n) is 23.3. The maximum Gasteiger partial charge on any atom is 0.233 e. The van der Waals surface area contributed by atoms with E-state index in [-0.39, 0.29) is 5.56 Å². The number of halogens is 2. The largest absolute Gasteiger partial charge is 0.477 e. The number of hydrogen-bond acceptors (Lipinski definition) is 3. The fourth-order valence-corrected chi connectivity index (χ4v) is 5.61. The minimum Gasteiger partial charge on any atom is -0.477 e. The summed E-state index contributed by atoms with van der Waals surface area (Å²) in [7, 11) is 0. The van der Waals surface area contributed by atoms with Crippen LogP contribution in [0.5, 0.6) is 5.88 Å². The molecular formula is C32H48F2N2O. The van der Waals surface area contributed by atoms with Crippen molar-refractivity contribution in [1.29, 1.82) is 0 Å². The highest BCUT2D eigenvalue weighted by molar-refractivity contribution is 5.60. The Morgan fingerprint density at radius 1 is 0.703 bits per heavy atom. The number of rotatable bonds is 17. The Kier molecular flexibility index (Phi) is 13.3. The molecule has 0 amide bonds. The van der Waals surface area contributed by atoms with Crippen LogP contribution in [0, 0.1) is 23.5 Å². The summed E-state index contributed by atoms with van der Waals surface area (Å²) in [6.45, 7) is 5.05. The van der Waals surface area contributed by atoms with E-state index < -0.39 is 11.6 Å². The molecular weight excluding hydrogens is 466 g/mol. The molecule has 1 aliphatic carbocycles. The van der Waals surface area contributed by atoms with Crippen LogP contribution in [-0.4, -0.2) is 16.8 Å². The summed E-state index contributed by atoms with van der Waals surface area (Å²) in [5.41, 5.74) is 0.945. The van der Waals surface area contributed by atoms with Crippen LogP contribution in [0.3, 0.4) is 0 Å². The fraction of sp³-hybridized carbons (Fsp3) is 0.688. The third-order valence-corrected chi connectivity index (χ3v) is 8.08. The first-order valence-corrected chi connectivity index (χ1v) is 15.1. The molecule has 0 atom stereocenters. The summed E-state index contributed by atoms with van der Waals surface area (Å²) in [6.07, 6.45) is 20.5.